The zero-order valence-electron chi connectivity index (χ0n) is 19.1. The molecule has 0 aliphatic carbocycles. The standard InChI is InChI=1S/C27H25N.C2H7NO/c1-2-28-26-16-6-5-15-24(26)25-19-20(17-18-27(25)28)9-7-11-22-13-8-12-21-10-3-4-14-23(21)22;1-2-4-3/h3-6,8,10,12-19H,2,7,9,11H2,1H3;2-3H2,1H3. The van der Waals surface area contributed by atoms with Crippen molar-refractivity contribution in [2.24, 2.45) is 5.90 Å². The van der Waals surface area contributed by atoms with Gasteiger partial charge in [-0.3, -0.25) is 0 Å². The van der Waals surface area contributed by atoms with Gasteiger partial charge in [0.2, 0.25) is 0 Å². The number of nitrogens with two attached hydrogens (primary N) is 1. The van der Waals surface area contributed by atoms with Gasteiger partial charge in [-0.15, -0.1) is 0 Å². The monoisotopic (exact) mass is 424 g/mol. The molecule has 0 bridgehead atoms. The van der Waals surface area contributed by atoms with Gasteiger partial charge in [0, 0.05) is 28.4 Å². The van der Waals surface area contributed by atoms with E-state index in [9.17, 15) is 0 Å². The summed E-state index contributed by atoms with van der Waals surface area (Å²) in [5.41, 5.74) is 5.59. The molecular formula is C29H32N2O. The van der Waals surface area contributed by atoms with Crippen molar-refractivity contribution in [3.63, 3.8) is 0 Å². The van der Waals surface area contributed by atoms with E-state index in [2.05, 4.69) is 107 Å². The highest BCUT2D eigenvalue weighted by Crippen LogP contribution is 2.30. The number of para-hydroxylation sites is 1. The zero-order chi connectivity index (χ0) is 22.3. The molecule has 0 saturated carbocycles. The Balaban J connectivity index is 0.000000567. The van der Waals surface area contributed by atoms with Crippen molar-refractivity contribution in [1.29, 1.82) is 0 Å². The molecule has 0 aliphatic rings. The van der Waals surface area contributed by atoms with E-state index in [1.165, 1.54) is 50.1 Å². The molecule has 32 heavy (non-hydrogen) atoms. The van der Waals surface area contributed by atoms with Gasteiger partial charge >= 0.3 is 0 Å². The molecule has 0 atom stereocenters. The highest BCUT2D eigenvalue weighted by molar-refractivity contribution is 6.08. The van der Waals surface area contributed by atoms with Gasteiger partial charge < -0.3 is 9.40 Å². The largest absolute Gasteiger partial charge is 0.341 e. The summed E-state index contributed by atoms with van der Waals surface area (Å²) in [6, 6.07) is 31.2. The third-order valence-electron chi connectivity index (χ3n) is 6.11. The molecule has 0 unspecified atom stereocenters. The number of hydrogen-bond acceptors (Lipinski definition) is 2. The van der Waals surface area contributed by atoms with Crippen LogP contribution in [0.4, 0.5) is 0 Å². The molecule has 0 saturated heterocycles. The summed E-state index contributed by atoms with van der Waals surface area (Å²) >= 11 is 0. The molecule has 0 radical (unpaired) electrons. The lowest BCUT2D eigenvalue weighted by atomic mass is 9.98. The summed E-state index contributed by atoms with van der Waals surface area (Å²) < 4.78 is 2.42. The van der Waals surface area contributed by atoms with Gasteiger partial charge in [0.25, 0.3) is 0 Å². The number of rotatable bonds is 6. The van der Waals surface area contributed by atoms with E-state index in [4.69, 9.17) is 0 Å². The summed E-state index contributed by atoms with van der Waals surface area (Å²) in [7, 11) is 0. The predicted octanol–water partition coefficient (Wildman–Crippen LogP) is 7.04. The third kappa shape index (κ3) is 4.55. The maximum atomic E-state index is 4.53. The minimum atomic E-state index is 0.597. The van der Waals surface area contributed by atoms with E-state index in [1.807, 2.05) is 6.92 Å². The van der Waals surface area contributed by atoms with Crippen LogP contribution in [0.2, 0.25) is 0 Å². The van der Waals surface area contributed by atoms with Crippen LogP contribution in [0.5, 0.6) is 0 Å². The number of aromatic nitrogens is 1. The SMILES string of the molecule is CCON.CCn1c2ccccc2c2cc(CCCc3cccc4ccccc34)ccc21. The molecule has 0 amide bonds. The molecule has 1 aromatic heterocycles. The molecule has 2 N–H and O–H groups in total. The van der Waals surface area contributed by atoms with Gasteiger partial charge in [0.15, 0.2) is 0 Å². The van der Waals surface area contributed by atoms with E-state index in [0.29, 0.717) is 6.61 Å². The number of benzene rings is 4. The molecular weight excluding hydrogens is 392 g/mol. The van der Waals surface area contributed by atoms with Crippen LogP contribution in [0.1, 0.15) is 31.4 Å². The van der Waals surface area contributed by atoms with Gasteiger partial charge in [0.05, 0.1) is 6.61 Å². The van der Waals surface area contributed by atoms with Crippen molar-refractivity contribution >= 4 is 32.6 Å². The first-order valence-electron chi connectivity index (χ1n) is 11.5. The van der Waals surface area contributed by atoms with Crippen LogP contribution in [0.3, 0.4) is 0 Å². The quantitative estimate of drug-likeness (QED) is 0.297. The average molecular weight is 425 g/mol. The molecule has 5 aromatic rings. The Labute approximate surface area is 190 Å². The van der Waals surface area contributed by atoms with Gasteiger partial charge in [-0.2, -0.15) is 0 Å². The molecule has 0 aliphatic heterocycles. The Morgan fingerprint density at radius 1 is 0.719 bits per heavy atom. The van der Waals surface area contributed by atoms with Crippen LogP contribution >= 0.6 is 0 Å². The molecule has 0 fully saturated rings. The van der Waals surface area contributed by atoms with Crippen LogP contribution in [-0.4, -0.2) is 11.2 Å². The Bertz CT molecular complexity index is 1310. The molecule has 164 valence electrons. The normalized spacial score (nSPS) is 11.1. The maximum Gasteiger partial charge on any atom is 0.0651 e. The first-order valence-corrected chi connectivity index (χ1v) is 11.5. The van der Waals surface area contributed by atoms with E-state index >= 15 is 0 Å². The lowest BCUT2D eigenvalue weighted by molar-refractivity contribution is 0.152. The van der Waals surface area contributed by atoms with Crippen molar-refractivity contribution in [1.82, 2.24) is 4.57 Å². The molecule has 3 heteroatoms. The second-order valence-corrected chi connectivity index (χ2v) is 8.06. The Kier molecular flexibility index (Phi) is 7.21. The second kappa shape index (κ2) is 10.4. The maximum absolute atomic E-state index is 4.53. The fourth-order valence-corrected chi connectivity index (χ4v) is 4.59. The van der Waals surface area contributed by atoms with Crippen LogP contribution in [0.25, 0.3) is 32.6 Å². The Hall–Kier alpha value is -3.14. The highest BCUT2D eigenvalue weighted by Gasteiger charge is 2.09. The van der Waals surface area contributed by atoms with E-state index in [1.54, 1.807) is 0 Å². The van der Waals surface area contributed by atoms with Crippen LogP contribution in [-0.2, 0) is 24.2 Å². The van der Waals surface area contributed by atoms with Crippen LogP contribution in [0, 0.1) is 0 Å². The van der Waals surface area contributed by atoms with Crippen molar-refractivity contribution in [3.8, 4) is 0 Å². The molecule has 4 aromatic carbocycles. The van der Waals surface area contributed by atoms with Gasteiger partial charge in [0.1, 0.15) is 0 Å². The topological polar surface area (TPSA) is 40.2 Å². The minimum Gasteiger partial charge on any atom is -0.341 e. The summed E-state index contributed by atoms with van der Waals surface area (Å²) in [4.78, 5) is 4.04. The molecule has 1 heterocycles. The average Bonchev–Trinajstić information content (AvgIpc) is 3.17. The summed E-state index contributed by atoms with van der Waals surface area (Å²) in [5, 5.41) is 5.50. The lowest BCUT2D eigenvalue weighted by Crippen LogP contribution is -1.94. The summed E-state index contributed by atoms with van der Waals surface area (Å²) in [5.74, 6) is 4.53. The van der Waals surface area contributed by atoms with E-state index < -0.39 is 0 Å². The highest BCUT2D eigenvalue weighted by atomic mass is 16.6. The van der Waals surface area contributed by atoms with Crippen molar-refractivity contribution in [2.75, 3.05) is 6.61 Å². The Morgan fingerprint density at radius 3 is 2.19 bits per heavy atom. The van der Waals surface area contributed by atoms with Gasteiger partial charge in [-0.25, -0.2) is 5.90 Å². The van der Waals surface area contributed by atoms with Crippen molar-refractivity contribution in [2.45, 2.75) is 39.7 Å². The Morgan fingerprint density at radius 2 is 1.41 bits per heavy atom. The lowest BCUT2D eigenvalue weighted by Gasteiger charge is -2.07. The van der Waals surface area contributed by atoms with Crippen molar-refractivity contribution in [3.05, 3.63) is 96.1 Å². The molecule has 5 rings (SSSR count). The summed E-state index contributed by atoms with van der Waals surface area (Å²) in [6.45, 7) is 5.66. The first kappa shape index (κ1) is 22.1. The summed E-state index contributed by atoms with van der Waals surface area (Å²) in [6.07, 6.45) is 3.41. The molecule has 0 spiro atoms. The number of aryl methyl sites for hydroxylation is 3. The van der Waals surface area contributed by atoms with Crippen LogP contribution in [0.15, 0.2) is 84.9 Å². The van der Waals surface area contributed by atoms with Gasteiger partial charge in [-0.1, -0.05) is 66.7 Å². The third-order valence-corrected chi connectivity index (χ3v) is 6.11. The fourth-order valence-electron chi connectivity index (χ4n) is 4.59. The number of fused-ring (bicyclic) bond motifs is 4. The zero-order valence-corrected chi connectivity index (χ0v) is 19.1. The first-order chi connectivity index (χ1) is 15.8. The predicted molar refractivity (Wildman–Crippen MR) is 137 cm³/mol. The van der Waals surface area contributed by atoms with Crippen molar-refractivity contribution < 1.29 is 4.84 Å². The number of hydrogen-bond donors (Lipinski definition) is 1. The van der Waals surface area contributed by atoms with E-state index in [-0.39, 0.29) is 0 Å². The van der Waals surface area contributed by atoms with Crippen LogP contribution < -0.4 is 5.90 Å². The van der Waals surface area contributed by atoms with E-state index in [0.717, 1.165) is 19.4 Å². The van der Waals surface area contributed by atoms with Gasteiger partial charge in [-0.05, 0) is 73.2 Å². The fraction of sp³-hybridized carbons (Fsp3) is 0.241. The number of nitrogens with zero attached hydrogens (tertiary/aromatic N) is 1. The minimum absolute atomic E-state index is 0.597. The second-order valence-electron chi connectivity index (χ2n) is 8.06. The smallest absolute Gasteiger partial charge is 0.0651 e. The molecule has 3 nitrogen and oxygen atoms in total.